The summed E-state index contributed by atoms with van der Waals surface area (Å²) in [5, 5.41) is 0. The minimum atomic E-state index is -0.544. The number of carbonyl (C=O) groups is 3. The van der Waals surface area contributed by atoms with Crippen LogP contribution in [0, 0.1) is 5.92 Å². The summed E-state index contributed by atoms with van der Waals surface area (Å²) in [6, 6.07) is 4.54. The lowest BCUT2D eigenvalue weighted by molar-refractivity contribution is -0.150. The van der Waals surface area contributed by atoms with E-state index in [0.717, 1.165) is 12.8 Å². The molecule has 3 aliphatic heterocycles. The van der Waals surface area contributed by atoms with Crippen molar-refractivity contribution in [1.29, 1.82) is 0 Å². The second-order valence-corrected chi connectivity index (χ2v) is 7.20. The average molecular weight is 388 g/mol. The van der Waals surface area contributed by atoms with Gasteiger partial charge in [0.05, 0.1) is 30.7 Å². The lowest BCUT2D eigenvalue weighted by atomic mass is 9.96. The predicted molar refractivity (Wildman–Crippen MR) is 99.3 cm³/mol. The molecule has 8 heteroatoms. The fourth-order valence-corrected chi connectivity index (χ4v) is 4.09. The van der Waals surface area contributed by atoms with Crippen LogP contribution in [0.1, 0.15) is 26.2 Å². The number of hydrogen-bond donors (Lipinski definition) is 0. The van der Waals surface area contributed by atoms with Gasteiger partial charge in [-0.2, -0.15) is 0 Å². The van der Waals surface area contributed by atoms with Crippen LogP contribution in [0.3, 0.4) is 0 Å². The number of benzene rings is 1. The van der Waals surface area contributed by atoms with Gasteiger partial charge >= 0.3 is 5.97 Å². The SMILES string of the molecule is CCOC(=O)[C@@H]1CCCN([C@H]2CC(=O)N(c3ccc4c(c3)OCCO4)C2=O)C1. The molecule has 0 spiro atoms. The molecular formula is C20H24N2O6. The molecule has 0 saturated carbocycles. The molecule has 2 fully saturated rings. The maximum absolute atomic E-state index is 13.1. The third-order valence-corrected chi connectivity index (χ3v) is 5.42. The van der Waals surface area contributed by atoms with Crippen LogP contribution in [0.4, 0.5) is 5.69 Å². The number of fused-ring (bicyclic) bond motifs is 1. The number of imide groups is 1. The van der Waals surface area contributed by atoms with Gasteiger partial charge in [-0.1, -0.05) is 0 Å². The van der Waals surface area contributed by atoms with Gasteiger partial charge < -0.3 is 14.2 Å². The van der Waals surface area contributed by atoms with Crippen LogP contribution in [-0.2, 0) is 19.1 Å². The first-order chi connectivity index (χ1) is 13.6. The van der Waals surface area contributed by atoms with Crippen LogP contribution in [-0.4, -0.2) is 61.6 Å². The first-order valence-electron chi connectivity index (χ1n) is 9.75. The maximum Gasteiger partial charge on any atom is 0.310 e. The molecule has 1 aromatic carbocycles. The highest BCUT2D eigenvalue weighted by Crippen LogP contribution is 2.36. The first kappa shape index (κ1) is 18.7. The second-order valence-electron chi connectivity index (χ2n) is 7.20. The van der Waals surface area contributed by atoms with Crippen LogP contribution >= 0.6 is 0 Å². The molecule has 0 unspecified atom stereocenters. The quantitative estimate of drug-likeness (QED) is 0.569. The molecule has 150 valence electrons. The van der Waals surface area contributed by atoms with Gasteiger partial charge in [0.1, 0.15) is 13.2 Å². The summed E-state index contributed by atoms with van der Waals surface area (Å²) in [6.07, 6.45) is 1.66. The fraction of sp³-hybridized carbons (Fsp3) is 0.550. The number of esters is 1. The largest absolute Gasteiger partial charge is 0.486 e. The van der Waals surface area contributed by atoms with Crippen LogP contribution in [0.5, 0.6) is 11.5 Å². The molecule has 0 radical (unpaired) electrons. The van der Waals surface area contributed by atoms with E-state index in [0.29, 0.717) is 50.1 Å². The summed E-state index contributed by atoms with van der Waals surface area (Å²) in [4.78, 5) is 41.0. The molecule has 8 nitrogen and oxygen atoms in total. The molecule has 2 amide bonds. The number of hydrogen-bond acceptors (Lipinski definition) is 7. The number of likely N-dealkylation sites (tertiary alicyclic amines) is 1. The number of rotatable bonds is 4. The van der Waals surface area contributed by atoms with E-state index in [-0.39, 0.29) is 30.1 Å². The second kappa shape index (κ2) is 7.79. The van der Waals surface area contributed by atoms with E-state index < -0.39 is 6.04 Å². The molecular weight excluding hydrogens is 364 g/mol. The minimum absolute atomic E-state index is 0.114. The highest BCUT2D eigenvalue weighted by Gasteiger charge is 2.44. The summed E-state index contributed by atoms with van der Waals surface area (Å²) in [7, 11) is 0. The van der Waals surface area contributed by atoms with Gasteiger partial charge in [-0.25, -0.2) is 4.90 Å². The number of piperidine rings is 1. The van der Waals surface area contributed by atoms with Crippen LogP contribution in [0.25, 0.3) is 0 Å². The third kappa shape index (κ3) is 3.44. The normalized spacial score (nSPS) is 25.1. The molecule has 3 heterocycles. The van der Waals surface area contributed by atoms with Crippen molar-refractivity contribution in [2.24, 2.45) is 5.92 Å². The smallest absolute Gasteiger partial charge is 0.310 e. The Labute approximate surface area is 163 Å². The molecule has 3 aliphatic rings. The molecule has 0 bridgehead atoms. The van der Waals surface area contributed by atoms with Crippen molar-refractivity contribution in [2.75, 3.05) is 37.8 Å². The Morgan fingerprint density at radius 3 is 2.79 bits per heavy atom. The Morgan fingerprint density at radius 2 is 2.00 bits per heavy atom. The van der Waals surface area contributed by atoms with E-state index in [1.54, 1.807) is 25.1 Å². The van der Waals surface area contributed by atoms with Crippen molar-refractivity contribution in [2.45, 2.75) is 32.2 Å². The zero-order valence-electron chi connectivity index (χ0n) is 15.9. The topological polar surface area (TPSA) is 85.4 Å². The van der Waals surface area contributed by atoms with E-state index in [1.807, 2.05) is 4.90 Å². The van der Waals surface area contributed by atoms with Crippen LogP contribution in [0.2, 0.25) is 0 Å². The summed E-state index contributed by atoms with van der Waals surface area (Å²) < 4.78 is 16.2. The van der Waals surface area contributed by atoms with Gasteiger partial charge in [0.2, 0.25) is 5.91 Å². The minimum Gasteiger partial charge on any atom is -0.486 e. The Hall–Kier alpha value is -2.61. The van der Waals surface area contributed by atoms with Crippen molar-refractivity contribution in [3.63, 3.8) is 0 Å². The van der Waals surface area contributed by atoms with Crippen LogP contribution < -0.4 is 14.4 Å². The van der Waals surface area contributed by atoms with E-state index in [1.165, 1.54) is 4.90 Å². The molecule has 2 atom stereocenters. The lowest BCUT2D eigenvalue weighted by Crippen LogP contribution is -2.48. The van der Waals surface area contributed by atoms with Gasteiger partial charge in [-0.15, -0.1) is 0 Å². The summed E-state index contributed by atoms with van der Waals surface area (Å²) >= 11 is 0. The van der Waals surface area contributed by atoms with E-state index >= 15 is 0 Å². The van der Waals surface area contributed by atoms with Crippen molar-refractivity contribution in [1.82, 2.24) is 4.90 Å². The van der Waals surface area contributed by atoms with E-state index in [2.05, 4.69) is 0 Å². The number of ether oxygens (including phenoxy) is 3. The molecule has 4 rings (SSSR count). The summed E-state index contributed by atoms with van der Waals surface area (Å²) in [6.45, 7) is 4.17. The number of nitrogens with zero attached hydrogens (tertiary/aromatic N) is 2. The van der Waals surface area contributed by atoms with Crippen molar-refractivity contribution in [3.8, 4) is 11.5 Å². The van der Waals surface area contributed by atoms with E-state index in [9.17, 15) is 14.4 Å². The Kier molecular flexibility index (Phi) is 5.21. The average Bonchev–Trinajstić information content (AvgIpc) is 3.02. The lowest BCUT2D eigenvalue weighted by Gasteiger charge is -2.34. The summed E-state index contributed by atoms with van der Waals surface area (Å²) in [5.74, 6) is 0.163. The standard InChI is InChI=1S/C20H24N2O6/c1-2-26-20(25)13-4-3-7-21(12-13)15-11-18(23)22(19(15)24)14-5-6-16-17(10-14)28-9-8-27-16/h5-6,10,13,15H,2-4,7-9,11-12H2,1H3/t13-,15+/m1/s1. The zero-order valence-corrected chi connectivity index (χ0v) is 15.9. The Balaban J connectivity index is 1.50. The fourth-order valence-electron chi connectivity index (χ4n) is 4.09. The zero-order chi connectivity index (χ0) is 19.7. The van der Waals surface area contributed by atoms with E-state index in [4.69, 9.17) is 14.2 Å². The van der Waals surface area contributed by atoms with Gasteiger partial charge in [-0.3, -0.25) is 19.3 Å². The molecule has 0 N–H and O–H groups in total. The monoisotopic (exact) mass is 388 g/mol. The van der Waals surface area contributed by atoms with Gasteiger partial charge in [0.25, 0.3) is 5.91 Å². The predicted octanol–water partition coefficient (Wildman–Crippen LogP) is 1.36. The van der Waals surface area contributed by atoms with Crippen LogP contribution in [0.15, 0.2) is 18.2 Å². The number of carbonyl (C=O) groups excluding carboxylic acids is 3. The molecule has 0 aliphatic carbocycles. The highest BCUT2D eigenvalue weighted by molar-refractivity contribution is 6.22. The van der Waals surface area contributed by atoms with Crippen molar-refractivity contribution >= 4 is 23.5 Å². The molecule has 2 saturated heterocycles. The van der Waals surface area contributed by atoms with Gasteiger partial charge in [0, 0.05) is 12.6 Å². The Morgan fingerprint density at radius 1 is 1.21 bits per heavy atom. The highest BCUT2D eigenvalue weighted by atomic mass is 16.6. The number of amides is 2. The van der Waals surface area contributed by atoms with Crippen molar-refractivity contribution in [3.05, 3.63) is 18.2 Å². The molecule has 28 heavy (non-hydrogen) atoms. The Bertz CT molecular complexity index is 795. The third-order valence-electron chi connectivity index (χ3n) is 5.42. The number of anilines is 1. The van der Waals surface area contributed by atoms with Crippen molar-refractivity contribution < 1.29 is 28.6 Å². The summed E-state index contributed by atoms with van der Waals surface area (Å²) in [5.41, 5.74) is 0.487. The molecule has 0 aromatic heterocycles. The molecule has 1 aromatic rings. The maximum atomic E-state index is 13.1. The first-order valence-corrected chi connectivity index (χ1v) is 9.75. The van der Waals surface area contributed by atoms with Gasteiger partial charge in [-0.05, 0) is 38.4 Å². The van der Waals surface area contributed by atoms with Gasteiger partial charge in [0.15, 0.2) is 11.5 Å².